The highest BCUT2D eigenvalue weighted by Gasteiger charge is 2.30. The van der Waals surface area contributed by atoms with Crippen LogP contribution in [0.4, 0.5) is 0 Å². The summed E-state index contributed by atoms with van der Waals surface area (Å²) >= 11 is 12.1. The molecule has 1 aromatic rings. The van der Waals surface area contributed by atoms with Crippen LogP contribution in [0.25, 0.3) is 0 Å². The standard InChI is InChI=1S/C22H32Cl2N2O3/c1-4-5-6-15-7-10-17(11-8-15)21(27)25-20(22(28)26(2)29-3)14-16-9-12-18(23)19(24)13-16/h9,12-13,15,17,20H,4-8,10-11,14H2,1-3H3,(H,25,27). The normalized spacial score (nSPS) is 20.2. The van der Waals surface area contributed by atoms with Gasteiger partial charge in [-0.15, -0.1) is 0 Å². The molecule has 0 heterocycles. The van der Waals surface area contributed by atoms with Crippen molar-refractivity contribution in [3.8, 4) is 0 Å². The number of carbonyl (C=O) groups is 2. The highest BCUT2D eigenvalue weighted by molar-refractivity contribution is 6.42. The molecule has 0 radical (unpaired) electrons. The Hall–Kier alpha value is -1.30. The minimum Gasteiger partial charge on any atom is -0.344 e. The molecule has 0 spiro atoms. The number of unbranched alkanes of at least 4 members (excludes halogenated alkanes) is 1. The number of nitrogens with one attached hydrogen (secondary N) is 1. The molecule has 7 heteroatoms. The van der Waals surface area contributed by atoms with E-state index in [0.717, 1.165) is 42.2 Å². The summed E-state index contributed by atoms with van der Waals surface area (Å²) in [6.07, 6.45) is 7.98. The van der Waals surface area contributed by atoms with Crippen LogP contribution in [-0.4, -0.2) is 37.1 Å². The second-order valence-electron chi connectivity index (χ2n) is 7.89. The predicted octanol–water partition coefficient (Wildman–Crippen LogP) is 5.04. The quantitative estimate of drug-likeness (QED) is 0.545. The van der Waals surface area contributed by atoms with Crippen LogP contribution in [-0.2, 0) is 20.8 Å². The molecule has 29 heavy (non-hydrogen) atoms. The molecule has 2 amide bonds. The zero-order valence-corrected chi connectivity index (χ0v) is 19.1. The third-order valence-corrected chi connectivity index (χ3v) is 6.55. The maximum atomic E-state index is 12.9. The number of hydrogen-bond acceptors (Lipinski definition) is 3. The van der Waals surface area contributed by atoms with Crippen LogP contribution in [0.2, 0.25) is 10.0 Å². The first-order valence-corrected chi connectivity index (χ1v) is 11.2. The second-order valence-corrected chi connectivity index (χ2v) is 8.71. The van der Waals surface area contributed by atoms with Crippen LogP contribution in [0, 0.1) is 11.8 Å². The minimum atomic E-state index is -0.720. The van der Waals surface area contributed by atoms with Crippen molar-refractivity contribution in [3.63, 3.8) is 0 Å². The van der Waals surface area contributed by atoms with E-state index in [1.807, 2.05) is 6.07 Å². The van der Waals surface area contributed by atoms with E-state index in [4.69, 9.17) is 28.0 Å². The highest BCUT2D eigenvalue weighted by atomic mass is 35.5. The van der Waals surface area contributed by atoms with E-state index in [0.29, 0.717) is 16.5 Å². The number of amides is 2. The van der Waals surface area contributed by atoms with E-state index in [2.05, 4.69) is 12.2 Å². The van der Waals surface area contributed by atoms with Crippen molar-refractivity contribution in [1.29, 1.82) is 0 Å². The number of nitrogens with zero attached hydrogens (tertiary/aromatic N) is 1. The van der Waals surface area contributed by atoms with E-state index in [1.165, 1.54) is 33.4 Å². The van der Waals surface area contributed by atoms with Gasteiger partial charge in [0.25, 0.3) is 5.91 Å². The summed E-state index contributed by atoms with van der Waals surface area (Å²) in [7, 11) is 2.96. The lowest BCUT2D eigenvalue weighted by atomic mass is 9.79. The molecule has 0 saturated heterocycles. The van der Waals surface area contributed by atoms with Crippen LogP contribution in [0.5, 0.6) is 0 Å². The number of benzene rings is 1. The largest absolute Gasteiger partial charge is 0.344 e. The van der Waals surface area contributed by atoms with Crippen molar-refractivity contribution in [2.24, 2.45) is 11.8 Å². The third-order valence-electron chi connectivity index (χ3n) is 5.81. The molecule has 1 fully saturated rings. The Bertz CT molecular complexity index is 691. The first-order chi connectivity index (χ1) is 13.8. The molecule has 1 aliphatic rings. The Kier molecular flexibility index (Phi) is 9.73. The first-order valence-electron chi connectivity index (χ1n) is 10.4. The summed E-state index contributed by atoms with van der Waals surface area (Å²) in [5.41, 5.74) is 0.825. The van der Waals surface area contributed by atoms with Crippen molar-refractivity contribution in [1.82, 2.24) is 10.4 Å². The van der Waals surface area contributed by atoms with Crippen LogP contribution < -0.4 is 5.32 Å². The molecule has 0 bridgehead atoms. The van der Waals surface area contributed by atoms with E-state index in [9.17, 15) is 9.59 Å². The van der Waals surface area contributed by atoms with Gasteiger partial charge in [-0.2, -0.15) is 0 Å². The number of hydrogen-bond donors (Lipinski definition) is 1. The van der Waals surface area contributed by atoms with Crippen molar-refractivity contribution < 1.29 is 14.4 Å². The van der Waals surface area contributed by atoms with Crippen LogP contribution in [0.1, 0.15) is 57.4 Å². The van der Waals surface area contributed by atoms with Crippen LogP contribution in [0.3, 0.4) is 0 Å². The van der Waals surface area contributed by atoms with E-state index < -0.39 is 6.04 Å². The molecular weight excluding hydrogens is 411 g/mol. The minimum absolute atomic E-state index is 0.0372. The van der Waals surface area contributed by atoms with Crippen molar-refractivity contribution >= 4 is 35.0 Å². The lowest BCUT2D eigenvalue weighted by Crippen LogP contribution is -2.50. The van der Waals surface area contributed by atoms with Gasteiger partial charge in [0.05, 0.1) is 17.2 Å². The van der Waals surface area contributed by atoms with Gasteiger partial charge in [-0.3, -0.25) is 14.4 Å². The summed E-state index contributed by atoms with van der Waals surface area (Å²) in [6, 6.07) is 4.51. The molecule has 1 N–H and O–H groups in total. The zero-order chi connectivity index (χ0) is 21.4. The molecule has 1 aliphatic carbocycles. The molecule has 5 nitrogen and oxygen atoms in total. The lowest BCUT2D eigenvalue weighted by Gasteiger charge is -2.30. The van der Waals surface area contributed by atoms with Gasteiger partial charge in [-0.05, 0) is 49.3 Å². The van der Waals surface area contributed by atoms with Gasteiger partial charge in [0.1, 0.15) is 6.04 Å². The summed E-state index contributed by atoms with van der Waals surface area (Å²) in [6.45, 7) is 2.21. The number of halogens is 2. The third kappa shape index (κ3) is 7.16. The zero-order valence-electron chi connectivity index (χ0n) is 17.5. The Labute approximate surface area is 184 Å². The smallest absolute Gasteiger partial charge is 0.268 e. The molecule has 0 aliphatic heterocycles. The number of hydroxylamine groups is 2. The molecule has 1 atom stereocenters. The summed E-state index contributed by atoms with van der Waals surface area (Å²) < 4.78 is 0. The fourth-order valence-corrected chi connectivity index (χ4v) is 4.23. The van der Waals surface area contributed by atoms with Gasteiger partial charge >= 0.3 is 0 Å². The molecule has 1 aromatic carbocycles. The topological polar surface area (TPSA) is 58.6 Å². The fourth-order valence-electron chi connectivity index (χ4n) is 3.91. The molecule has 0 aromatic heterocycles. The Morgan fingerprint density at radius 2 is 1.90 bits per heavy atom. The maximum absolute atomic E-state index is 12.9. The molecular formula is C22H32Cl2N2O3. The molecule has 2 rings (SSSR count). The Morgan fingerprint density at radius 1 is 1.21 bits per heavy atom. The van der Waals surface area contributed by atoms with Crippen LogP contribution >= 0.6 is 23.2 Å². The predicted molar refractivity (Wildman–Crippen MR) is 117 cm³/mol. The SMILES string of the molecule is CCCCC1CCC(C(=O)NC(Cc2ccc(Cl)c(Cl)c2)C(=O)N(C)OC)CC1. The van der Waals surface area contributed by atoms with Gasteiger partial charge < -0.3 is 5.32 Å². The highest BCUT2D eigenvalue weighted by Crippen LogP contribution is 2.32. The molecule has 1 saturated carbocycles. The lowest BCUT2D eigenvalue weighted by molar-refractivity contribution is -0.171. The number of carbonyl (C=O) groups excluding carboxylic acids is 2. The Balaban J connectivity index is 2.02. The second kappa shape index (κ2) is 11.8. The molecule has 1 unspecified atom stereocenters. The van der Waals surface area contributed by atoms with Crippen LogP contribution in [0.15, 0.2) is 18.2 Å². The molecule has 162 valence electrons. The Morgan fingerprint density at radius 3 is 2.48 bits per heavy atom. The van der Waals surface area contributed by atoms with E-state index in [-0.39, 0.29) is 17.7 Å². The van der Waals surface area contributed by atoms with Gasteiger partial charge in [-0.25, -0.2) is 5.06 Å². The van der Waals surface area contributed by atoms with E-state index in [1.54, 1.807) is 12.1 Å². The van der Waals surface area contributed by atoms with Crippen molar-refractivity contribution in [2.45, 2.75) is 64.3 Å². The van der Waals surface area contributed by atoms with Crippen molar-refractivity contribution in [2.75, 3.05) is 14.2 Å². The summed E-state index contributed by atoms with van der Waals surface area (Å²) in [5.74, 6) is 0.336. The summed E-state index contributed by atoms with van der Waals surface area (Å²) in [5, 5.41) is 4.98. The monoisotopic (exact) mass is 442 g/mol. The number of rotatable bonds is 9. The van der Waals surface area contributed by atoms with Crippen molar-refractivity contribution in [3.05, 3.63) is 33.8 Å². The average Bonchev–Trinajstić information content (AvgIpc) is 2.73. The number of likely N-dealkylation sites (N-methyl/N-ethyl adjacent to an activating group) is 1. The van der Waals surface area contributed by atoms with Gasteiger partial charge in [0.15, 0.2) is 0 Å². The van der Waals surface area contributed by atoms with Gasteiger partial charge in [0.2, 0.25) is 5.91 Å². The van der Waals surface area contributed by atoms with E-state index >= 15 is 0 Å². The average molecular weight is 443 g/mol. The van der Waals surface area contributed by atoms with Gasteiger partial charge in [0, 0.05) is 19.4 Å². The fraction of sp³-hybridized carbons (Fsp3) is 0.636. The maximum Gasteiger partial charge on any atom is 0.268 e. The first kappa shape index (κ1) is 24.0. The summed E-state index contributed by atoms with van der Waals surface area (Å²) in [4.78, 5) is 30.7. The van der Waals surface area contributed by atoms with Gasteiger partial charge in [-0.1, -0.05) is 55.5 Å².